The monoisotopic (exact) mass is 535 g/mol. The topological polar surface area (TPSA) is 180 Å². The third kappa shape index (κ3) is 14.5. The maximum absolute atomic E-state index is 12.0. The number of carbonyl (C=O) groups is 9. The molecule has 0 fully saturated rings. The van der Waals surface area contributed by atoms with E-state index in [1.54, 1.807) is 0 Å². The normalized spacial score (nSPS) is 11.4. The van der Waals surface area contributed by atoms with Crippen LogP contribution in [0, 0.1) is 5.92 Å². The Balaban J connectivity index is 4.20. The number of hydrogen-bond donors (Lipinski definition) is 1. The fourth-order valence-corrected chi connectivity index (χ4v) is 4.06. The van der Waals surface area contributed by atoms with E-state index in [4.69, 9.17) is 5.73 Å². The summed E-state index contributed by atoms with van der Waals surface area (Å²) in [6.07, 6.45) is 15.3. The number of amides is 1. The van der Waals surface area contributed by atoms with Crippen molar-refractivity contribution in [1.82, 2.24) is 0 Å². The van der Waals surface area contributed by atoms with E-state index < -0.39 is 65.0 Å². The SMILES string of the molecule is CCCCCCCCCCCCCCCC(CCCC(=O)C(=O)C(=O)C(=O)C(=O)C(=O)C(=O)C=O)C(N)=O. The van der Waals surface area contributed by atoms with Crippen molar-refractivity contribution in [3.05, 3.63) is 0 Å². The molecular formula is C28H41NO9. The number of ketones is 7. The third-order valence-electron chi connectivity index (χ3n) is 6.42. The molecule has 0 aliphatic carbocycles. The Bertz CT molecular complexity index is 876. The molecule has 0 rings (SSSR count). The summed E-state index contributed by atoms with van der Waals surface area (Å²) in [5.74, 6) is -14.4. The van der Waals surface area contributed by atoms with Crippen LogP contribution in [0.4, 0.5) is 0 Å². The van der Waals surface area contributed by atoms with E-state index in [1.807, 2.05) is 0 Å². The van der Waals surface area contributed by atoms with Crippen LogP contribution in [-0.2, 0) is 43.2 Å². The molecule has 0 heterocycles. The van der Waals surface area contributed by atoms with Crippen LogP contribution in [0.15, 0.2) is 0 Å². The van der Waals surface area contributed by atoms with Gasteiger partial charge in [0.15, 0.2) is 6.29 Å². The number of rotatable bonds is 26. The summed E-state index contributed by atoms with van der Waals surface area (Å²) >= 11 is 0. The predicted molar refractivity (Wildman–Crippen MR) is 138 cm³/mol. The Morgan fingerprint density at radius 3 is 1.39 bits per heavy atom. The molecule has 0 saturated carbocycles. The van der Waals surface area contributed by atoms with Gasteiger partial charge in [-0.3, -0.25) is 43.2 Å². The first-order valence-electron chi connectivity index (χ1n) is 13.6. The highest BCUT2D eigenvalue weighted by Crippen LogP contribution is 2.18. The van der Waals surface area contributed by atoms with Crippen LogP contribution in [-0.4, -0.2) is 52.7 Å². The van der Waals surface area contributed by atoms with Crippen LogP contribution in [0.2, 0.25) is 0 Å². The Labute approximate surface area is 223 Å². The minimum Gasteiger partial charge on any atom is -0.369 e. The number of nitrogens with two attached hydrogens (primary N) is 1. The van der Waals surface area contributed by atoms with Gasteiger partial charge in [0.1, 0.15) is 0 Å². The molecule has 0 aromatic heterocycles. The van der Waals surface area contributed by atoms with E-state index in [1.165, 1.54) is 57.8 Å². The number of hydrogen-bond acceptors (Lipinski definition) is 9. The van der Waals surface area contributed by atoms with Gasteiger partial charge in [0, 0.05) is 12.3 Å². The molecular weight excluding hydrogens is 494 g/mol. The molecule has 0 spiro atoms. The zero-order chi connectivity index (χ0) is 28.9. The fraction of sp³-hybridized carbons (Fsp3) is 0.679. The molecule has 1 atom stereocenters. The molecule has 0 radical (unpaired) electrons. The minimum atomic E-state index is -2.15. The summed E-state index contributed by atoms with van der Waals surface area (Å²) in [6.45, 7) is 2.21. The molecule has 0 aromatic rings. The maximum atomic E-state index is 12.0. The van der Waals surface area contributed by atoms with Gasteiger partial charge in [-0.05, 0) is 19.3 Å². The van der Waals surface area contributed by atoms with Crippen LogP contribution in [0.3, 0.4) is 0 Å². The number of Topliss-reactive ketones (excluding diaryl/α,β-unsaturated/α-hetero) is 7. The molecule has 212 valence electrons. The Morgan fingerprint density at radius 1 is 0.553 bits per heavy atom. The lowest BCUT2D eigenvalue weighted by molar-refractivity contribution is -0.154. The van der Waals surface area contributed by atoms with Crippen molar-refractivity contribution in [2.45, 2.75) is 116 Å². The second kappa shape index (κ2) is 20.8. The van der Waals surface area contributed by atoms with Gasteiger partial charge in [-0.15, -0.1) is 0 Å². The molecule has 0 saturated heterocycles. The van der Waals surface area contributed by atoms with Gasteiger partial charge in [0.2, 0.25) is 11.7 Å². The van der Waals surface area contributed by atoms with E-state index in [9.17, 15) is 43.2 Å². The van der Waals surface area contributed by atoms with Crippen molar-refractivity contribution in [1.29, 1.82) is 0 Å². The van der Waals surface area contributed by atoms with Crippen LogP contribution < -0.4 is 5.73 Å². The maximum Gasteiger partial charge on any atom is 0.281 e. The minimum absolute atomic E-state index is 0.0502. The first kappa shape index (κ1) is 34.8. The van der Waals surface area contributed by atoms with Gasteiger partial charge in [0.05, 0.1) is 0 Å². The molecule has 10 nitrogen and oxygen atoms in total. The molecule has 0 bridgehead atoms. The average Bonchev–Trinajstić information content (AvgIpc) is 2.91. The second-order valence-electron chi connectivity index (χ2n) is 9.57. The summed E-state index contributed by atoms with van der Waals surface area (Å²) in [6, 6.07) is 0. The molecule has 2 N–H and O–H groups in total. The second-order valence-corrected chi connectivity index (χ2v) is 9.57. The Morgan fingerprint density at radius 2 is 0.947 bits per heavy atom. The van der Waals surface area contributed by atoms with Crippen LogP contribution >= 0.6 is 0 Å². The number of aldehydes is 1. The van der Waals surface area contributed by atoms with E-state index in [0.717, 1.165) is 25.7 Å². The summed E-state index contributed by atoms with van der Waals surface area (Å²) in [7, 11) is 0. The Hall–Kier alpha value is -3.17. The van der Waals surface area contributed by atoms with Gasteiger partial charge in [0.25, 0.3) is 34.7 Å². The molecule has 1 unspecified atom stereocenters. The third-order valence-corrected chi connectivity index (χ3v) is 6.42. The van der Waals surface area contributed by atoms with Crippen LogP contribution in [0.1, 0.15) is 116 Å². The van der Waals surface area contributed by atoms with Gasteiger partial charge in [-0.1, -0.05) is 90.4 Å². The van der Waals surface area contributed by atoms with Crippen molar-refractivity contribution in [2.24, 2.45) is 11.7 Å². The van der Waals surface area contributed by atoms with Crippen molar-refractivity contribution < 1.29 is 43.2 Å². The van der Waals surface area contributed by atoms with Crippen molar-refractivity contribution in [3.63, 3.8) is 0 Å². The fourth-order valence-electron chi connectivity index (χ4n) is 4.06. The molecule has 1 amide bonds. The van der Waals surface area contributed by atoms with Gasteiger partial charge < -0.3 is 5.73 Å². The number of primary amides is 1. The standard InChI is InChI=1S/C28H41NO9/c1-2-3-4-5-6-7-8-9-10-11-12-13-14-16-20(28(29)38)17-15-18-21(31)23(33)25(35)27(37)26(36)24(34)22(32)19-30/h19-20H,2-18H2,1H3,(H2,29,38). The van der Waals surface area contributed by atoms with Gasteiger partial charge in [-0.2, -0.15) is 0 Å². The molecule has 0 aliphatic rings. The number of carbonyl (C=O) groups excluding carboxylic acids is 9. The van der Waals surface area contributed by atoms with E-state index >= 15 is 0 Å². The summed E-state index contributed by atoms with van der Waals surface area (Å²) in [4.78, 5) is 103. The molecule has 0 aromatic carbocycles. The highest BCUT2D eigenvalue weighted by molar-refractivity contribution is 6.97. The number of unbranched alkanes of at least 4 members (excludes halogenated alkanes) is 12. The van der Waals surface area contributed by atoms with E-state index in [2.05, 4.69) is 6.92 Å². The zero-order valence-corrected chi connectivity index (χ0v) is 22.4. The smallest absolute Gasteiger partial charge is 0.281 e. The van der Waals surface area contributed by atoms with Crippen molar-refractivity contribution >= 4 is 52.7 Å². The van der Waals surface area contributed by atoms with E-state index in [0.29, 0.717) is 6.42 Å². The van der Waals surface area contributed by atoms with Gasteiger partial charge >= 0.3 is 0 Å². The molecule has 0 aliphatic heterocycles. The lowest BCUT2D eigenvalue weighted by Gasteiger charge is -2.12. The van der Waals surface area contributed by atoms with Crippen molar-refractivity contribution in [3.8, 4) is 0 Å². The van der Waals surface area contributed by atoms with E-state index in [-0.39, 0.29) is 12.8 Å². The van der Waals surface area contributed by atoms with Crippen LogP contribution in [0.5, 0.6) is 0 Å². The Kier molecular flexibility index (Phi) is 19.1. The quantitative estimate of drug-likeness (QED) is 0.0754. The highest BCUT2D eigenvalue weighted by Gasteiger charge is 2.38. The molecule has 38 heavy (non-hydrogen) atoms. The summed E-state index contributed by atoms with van der Waals surface area (Å²) < 4.78 is 0. The lowest BCUT2D eigenvalue weighted by Crippen LogP contribution is -2.40. The first-order valence-corrected chi connectivity index (χ1v) is 13.6. The zero-order valence-electron chi connectivity index (χ0n) is 22.4. The average molecular weight is 536 g/mol. The van der Waals surface area contributed by atoms with Crippen molar-refractivity contribution in [2.75, 3.05) is 0 Å². The predicted octanol–water partition coefficient (Wildman–Crippen LogP) is 2.92. The summed E-state index contributed by atoms with van der Waals surface area (Å²) in [5, 5.41) is 0. The molecule has 10 heteroatoms. The van der Waals surface area contributed by atoms with Crippen LogP contribution in [0.25, 0.3) is 0 Å². The highest BCUT2D eigenvalue weighted by atomic mass is 16.2. The lowest BCUT2D eigenvalue weighted by atomic mass is 9.93. The van der Waals surface area contributed by atoms with Gasteiger partial charge in [-0.25, -0.2) is 0 Å². The first-order chi connectivity index (χ1) is 18.1. The summed E-state index contributed by atoms with van der Waals surface area (Å²) in [5.41, 5.74) is 5.43. The largest absolute Gasteiger partial charge is 0.369 e.